The maximum absolute atomic E-state index is 13.3. The van der Waals surface area contributed by atoms with Crippen LogP contribution < -0.4 is 0 Å². The van der Waals surface area contributed by atoms with E-state index in [9.17, 15) is 19.5 Å². The van der Waals surface area contributed by atoms with E-state index < -0.39 is 17.3 Å². The Morgan fingerprint density at radius 1 is 1.16 bits per heavy atom. The second kappa shape index (κ2) is 5.58. The van der Waals surface area contributed by atoms with Gasteiger partial charge < -0.3 is 14.8 Å². The number of Topliss-reactive ketones (excluding diaryl/α,β-unsaturated/α-hetero) is 2. The van der Waals surface area contributed by atoms with Crippen molar-refractivity contribution in [1.82, 2.24) is 4.57 Å². The molecular weight excluding hydrogens is 322 g/mol. The summed E-state index contributed by atoms with van der Waals surface area (Å²) in [6, 6.07) is 3.75. The number of carboxylic acid groups (broad SMARTS) is 1. The van der Waals surface area contributed by atoms with Gasteiger partial charge in [0.2, 0.25) is 0 Å². The Morgan fingerprint density at radius 2 is 1.84 bits per heavy atom. The number of hydrogen-bond donors (Lipinski definition) is 2. The van der Waals surface area contributed by atoms with E-state index in [-0.39, 0.29) is 30.0 Å². The van der Waals surface area contributed by atoms with Crippen molar-refractivity contribution in [2.45, 2.75) is 62.8 Å². The highest BCUT2D eigenvalue weighted by atomic mass is 16.4. The highest BCUT2D eigenvalue weighted by Gasteiger charge is 2.52. The smallest absolute Gasteiger partial charge is 0.303 e. The fraction of sp³-hybridized carbons (Fsp3) is 0.526. The summed E-state index contributed by atoms with van der Waals surface area (Å²) in [6.07, 6.45) is 4.70. The van der Waals surface area contributed by atoms with Gasteiger partial charge in [-0.05, 0) is 43.7 Å². The van der Waals surface area contributed by atoms with Crippen molar-refractivity contribution >= 4 is 23.3 Å². The molecule has 1 aromatic heterocycles. The Bertz CT molecular complexity index is 806. The standard InChI is InChI=1S/C19H21NO5/c21-14(7-8-15(22)23)16-17(24)13-6-5-12(11-3-4-11)20(13)19(18(16)25)9-1-2-10-19/h5-6,11,24H,1-4,7-10H2,(H,22,23). The molecule has 4 rings (SSSR count). The third-order valence-corrected chi connectivity index (χ3v) is 5.74. The van der Waals surface area contributed by atoms with Gasteiger partial charge in [0.15, 0.2) is 17.3 Å². The third-order valence-electron chi connectivity index (χ3n) is 5.74. The quantitative estimate of drug-likeness (QED) is 0.801. The van der Waals surface area contributed by atoms with Crippen LogP contribution >= 0.6 is 0 Å². The highest BCUT2D eigenvalue weighted by molar-refractivity contribution is 6.27. The largest absolute Gasteiger partial charge is 0.505 e. The molecular formula is C19H21NO5. The number of rotatable bonds is 5. The fourth-order valence-corrected chi connectivity index (χ4v) is 4.40. The van der Waals surface area contributed by atoms with Gasteiger partial charge in [-0.15, -0.1) is 0 Å². The Morgan fingerprint density at radius 3 is 2.44 bits per heavy atom. The summed E-state index contributed by atoms with van der Waals surface area (Å²) in [5, 5.41) is 19.5. The molecule has 25 heavy (non-hydrogen) atoms. The minimum absolute atomic E-state index is 0.198. The summed E-state index contributed by atoms with van der Waals surface area (Å²) in [5.74, 6) is -1.85. The molecule has 0 saturated heterocycles. The Kier molecular flexibility index (Phi) is 3.60. The van der Waals surface area contributed by atoms with Gasteiger partial charge in [-0.3, -0.25) is 14.4 Å². The average molecular weight is 343 g/mol. The van der Waals surface area contributed by atoms with Gasteiger partial charge >= 0.3 is 5.97 Å². The van der Waals surface area contributed by atoms with Gasteiger partial charge in [0.1, 0.15) is 11.1 Å². The first-order valence-electron chi connectivity index (χ1n) is 8.91. The van der Waals surface area contributed by atoms with E-state index in [0.717, 1.165) is 31.4 Å². The van der Waals surface area contributed by atoms with Crippen molar-refractivity contribution in [2.75, 3.05) is 0 Å². The molecule has 0 unspecified atom stereocenters. The summed E-state index contributed by atoms with van der Waals surface area (Å²) in [6.45, 7) is 0. The van der Waals surface area contributed by atoms with Crippen LogP contribution in [0.5, 0.6) is 0 Å². The lowest BCUT2D eigenvalue weighted by atomic mass is 9.80. The molecule has 2 aliphatic carbocycles. The highest BCUT2D eigenvalue weighted by Crippen LogP contribution is 2.50. The summed E-state index contributed by atoms with van der Waals surface area (Å²) in [4.78, 5) is 36.6. The summed E-state index contributed by atoms with van der Waals surface area (Å²) in [5.41, 5.74) is 0.629. The van der Waals surface area contributed by atoms with Crippen LogP contribution in [0.15, 0.2) is 17.7 Å². The summed E-state index contributed by atoms with van der Waals surface area (Å²) < 4.78 is 1.99. The molecule has 132 valence electrons. The van der Waals surface area contributed by atoms with Crippen molar-refractivity contribution in [3.8, 4) is 0 Å². The van der Waals surface area contributed by atoms with Crippen molar-refractivity contribution in [3.63, 3.8) is 0 Å². The van der Waals surface area contributed by atoms with E-state index >= 15 is 0 Å². The molecule has 0 amide bonds. The Labute approximate surface area is 145 Å². The number of allylic oxidation sites excluding steroid dienone is 1. The topological polar surface area (TPSA) is 96.6 Å². The van der Waals surface area contributed by atoms with E-state index in [0.29, 0.717) is 24.5 Å². The first kappa shape index (κ1) is 16.1. The molecule has 1 aliphatic heterocycles. The molecule has 0 aromatic carbocycles. The monoisotopic (exact) mass is 343 g/mol. The van der Waals surface area contributed by atoms with Gasteiger partial charge in [0, 0.05) is 12.1 Å². The molecule has 3 aliphatic rings. The molecule has 2 saturated carbocycles. The summed E-state index contributed by atoms with van der Waals surface area (Å²) >= 11 is 0. The zero-order valence-electron chi connectivity index (χ0n) is 14.0. The first-order valence-corrected chi connectivity index (χ1v) is 8.91. The van der Waals surface area contributed by atoms with Gasteiger partial charge in [-0.2, -0.15) is 0 Å². The maximum Gasteiger partial charge on any atom is 0.303 e. The van der Waals surface area contributed by atoms with Crippen molar-refractivity contribution in [1.29, 1.82) is 0 Å². The average Bonchev–Trinajstić information content (AvgIpc) is 3.12. The van der Waals surface area contributed by atoms with E-state index in [1.54, 1.807) is 6.07 Å². The fourth-order valence-electron chi connectivity index (χ4n) is 4.40. The van der Waals surface area contributed by atoms with Crippen molar-refractivity contribution in [3.05, 3.63) is 29.1 Å². The van der Waals surface area contributed by atoms with Gasteiger partial charge in [0.25, 0.3) is 0 Å². The second-order valence-electron chi connectivity index (χ2n) is 7.36. The lowest BCUT2D eigenvalue weighted by molar-refractivity contribution is -0.138. The lowest BCUT2D eigenvalue weighted by Gasteiger charge is -2.37. The van der Waals surface area contributed by atoms with Crippen molar-refractivity contribution < 1.29 is 24.6 Å². The number of hydrogen-bond acceptors (Lipinski definition) is 4. The molecule has 2 fully saturated rings. The van der Waals surface area contributed by atoms with Gasteiger partial charge in [-0.1, -0.05) is 12.8 Å². The van der Waals surface area contributed by atoms with Gasteiger partial charge in [0.05, 0.1) is 12.1 Å². The molecule has 6 heteroatoms. The number of aliphatic hydroxyl groups is 1. The number of aliphatic hydroxyl groups excluding tert-OH is 1. The normalized spacial score (nSPS) is 21.7. The van der Waals surface area contributed by atoms with Crippen LogP contribution in [0.3, 0.4) is 0 Å². The molecule has 2 heterocycles. The number of carbonyl (C=O) groups excluding carboxylic acids is 2. The minimum Gasteiger partial charge on any atom is -0.505 e. The molecule has 0 atom stereocenters. The zero-order chi connectivity index (χ0) is 17.8. The maximum atomic E-state index is 13.3. The van der Waals surface area contributed by atoms with Crippen LogP contribution in [-0.4, -0.2) is 32.3 Å². The molecule has 6 nitrogen and oxygen atoms in total. The van der Waals surface area contributed by atoms with Crippen LogP contribution in [0.4, 0.5) is 0 Å². The Balaban J connectivity index is 1.83. The van der Waals surface area contributed by atoms with E-state index in [1.807, 2.05) is 10.6 Å². The number of aliphatic carboxylic acids is 1. The Hall–Kier alpha value is -2.37. The predicted molar refractivity (Wildman–Crippen MR) is 89.3 cm³/mol. The SMILES string of the molecule is O=C(O)CCC(=O)C1=C(O)c2ccc(C3CC3)n2C2(CCCC2)C1=O. The molecule has 0 bridgehead atoms. The van der Waals surface area contributed by atoms with Crippen LogP contribution in [-0.2, 0) is 19.9 Å². The lowest BCUT2D eigenvalue weighted by Crippen LogP contribution is -2.46. The third kappa shape index (κ3) is 2.34. The van der Waals surface area contributed by atoms with Crippen LogP contribution in [0, 0.1) is 0 Å². The zero-order valence-corrected chi connectivity index (χ0v) is 14.0. The molecule has 1 spiro atoms. The molecule has 1 aromatic rings. The number of aromatic nitrogens is 1. The molecule has 0 radical (unpaired) electrons. The van der Waals surface area contributed by atoms with E-state index in [2.05, 4.69) is 0 Å². The van der Waals surface area contributed by atoms with Crippen LogP contribution in [0.1, 0.15) is 68.7 Å². The first-order chi connectivity index (χ1) is 12.0. The van der Waals surface area contributed by atoms with E-state index in [4.69, 9.17) is 5.11 Å². The number of nitrogens with zero attached hydrogens (tertiary/aromatic N) is 1. The number of fused-ring (bicyclic) bond motifs is 2. The van der Waals surface area contributed by atoms with Crippen LogP contribution in [0.25, 0.3) is 5.76 Å². The van der Waals surface area contributed by atoms with Crippen molar-refractivity contribution in [2.24, 2.45) is 0 Å². The summed E-state index contributed by atoms with van der Waals surface area (Å²) in [7, 11) is 0. The number of ketones is 2. The molecule has 2 N–H and O–H groups in total. The number of carbonyl (C=O) groups is 3. The van der Waals surface area contributed by atoms with Gasteiger partial charge in [-0.25, -0.2) is 0 Å². The number of carboxylic acids is 1. The second-order valence-corrected chi connectivity index (χ2v) is 7.36. The van der Waals surface area contributed by atoms with Crippen LogP contribution in [0.2, 0.25) is 0 Å². The minimum atomic E-state index is -1.09. The predicted octanol–water partition coefficient (Wildman–Crippen LogP) is 2.92. The van der Waals surface area contributed by atoms with E-state index in [1.165, 1.54) is 0 Å².